The minimum Gasteiger partial charge on any atom is -0.444 e. The SMILES string of the molecule is CC(C)(C)OC(=O)N1CCC(N2CCC3(C(=O)Nc4ccccc43)C2=O)CC1. The van der Waals surface area contributed by atoms with E-state index in [1.807, 2.05) is 49.9 Å². The maximum atomic E-state index is 13.4. The number of carbonyl (C=O) groups is 3. The molecule has 3 aliphatic rings. The van der Waals surface area contributed by atoms with E-state index < -0.39 is 11.0 Å². The maximum absolute atomic E-state index is 13.4. The van der Waals surface area contributed by atoms with Crippen LogP contribution in [0.15, 0.2) is 24.3 Å². The van der Waals surface area contributed by atoms with E-state index in [2.05, 4.69) is 5.32 Å². The van der Waals surface area contributed by atoms with Gasteiger partial charge in [-0.2, -0.15) is 0 Å². The lowest BCUT2D eigenvalue weighted by Gasteiger charge is -2.37. The number of hydrogen-bond donors (Lipinski definition) is 1. The Hall–Kier alpha value is -2.57. The number of rotatable bonds is 1. The lowest BCUT2D eigenvalue weighted by Crippen LogP contribution is -2.51. The zero-order chi connectivity index (χ0) is 20.1. The number of nitrogens with zero attached hydrogens (tertiary/aromatic N) is 2. The van der Waals surface area contributed by atoms with Gasteiger partial charge in [0.2, 0.25) is 11.8 Å². The second kappa shape index (κ2) is 6.50. The third-order valence-electron chi connectivity index (χ3n) is 5.93. The Labute approximate surface area is 165 Å². The number of para-hydroxylation sites is 1. The molecule has 0 aliphatic carbocycles. The molecule has 7 nitrogen and oxygen atoms in total. The minimum absolute atomic E-state index is 0.0473. The molecule has 0 aromatic heterocycles. The molecule has 0 saturated carbocycles. The Bertz CT molecular complexity index is 823. The molecule has 1 unspecified atom stereocenters. The highest BCUT2D eigenvalue weighted by Gasteiger charge is 2.58. The van der Waals surface area contributed by atoms with Crippen molar-refractivity contribution in [3.8, 4) is 0 Å². The highest BCUT2D eigenvalue weighted by molar-refractivity contribution is 6.21. The first-order chi connectivity index (χ1) is 13.2. The van der Waals surface area contributed by atoms with Gasteiger partial charge in [-0.25, -0.2) is 4.79 Å². The van der Waals surface area contributed by atoms with Crippen molar-refractivity contribution < 1.29 is 19.1 Å². The van der Waals surface area contributed by atoms with Crippen LogP contribution in [0.1, 0.15) is 45.6 Å². The molecule has 3 amide bonds. The number of hydrogen-bond acceptors (Lipinski definition) is 4. The van der Waals surface area contributed by atoms with Crippen molar-refractivity contribution in [1.29, 1.82) is 0 Å². The van der Waals surface area contributed by atoms with Gasteiger partial charge in [-0.15, -0.1) is 0 Å². The number of amides is 3. The molecule has 2 fully saturated rings. The fourth-order valence-electron chi connectivity index (χ4n) is 4.55. The topological polar surface area (TPSA) is 79.0 Å². The van der Waals surface area contributed by atoms with Crippen molar-refractivity contribution in [3.05, 3.63) is 29.8 Å². The number of fused-ring (bicyclic) bond motifs is 2. The zero-order valence-corrected chi connectivity index (χ0v) is 16.7. The van der Waals surface area contributed by atoms with Crippen LogP contribution in [-0.2, 0) is 19.7 Å². The van der Waals surface area contributed by atoms with E-state index in [4.69, 9.17) is 4.74 Å². The van der Waals surface area contributed by atoms with E-state index in [-0.39, 0.29) is 23.9 Å². The van der Waals surface area contributed by atoms with Gasteiger partial charge >= 0.3 is 6.09 Å². The third-order valence-corrected chi connectivity index (χ3v) is 5.93. The summed E-state index contributed by atoms with van der Waals surface area (Å²) in [6.07, 6.45) is 1.59. The summed E-state index contributed by atoms with van der Waals surface area (Å²) in [5.41, 5.74) is -0.0750. The predicted octanol–water partition coefficient (Wildman–Crippen LogP) is 2.51. The van der Waals surface area contributed by atoms with Gasteiger partial charge in [-0.3, -0.25) is 9.59 Å². The molecule has 3 heterocycles. The average Bonchev–Trinajstić information content (AvgIpc) is 3.13. The second-order valence-electron chi connectivity index (χ2n) is 8.85. The van der Waals surface area contributed by atoms with Gasteiger partial charge in [0.05, 0.1) is 0 Å². The summed E-state index contributed by atoms with van der Waals surface area (Å²) in [7, 11) is 0. The molecule has 1 spiro atoms. The Morgan fingerprint density at radius 1 is 1.14 bits per heavy atom. The molecule has 2 saturated heterocycles. The summed E-state index contributed by atoms with van der Waals surface area (Å²) in [6, 6.07) is 7.50. The molecule has 1 aromatic carbocycles. The highest BCUT2D eigenvalue weighted by atomic mass is 16.6. The van der Waals surface area contributed by atoms with E-state index in [0.29, 0.717) is 38.9 Å². The lowest BCUT2D eigenvalue weighted by molar-refractivity contribution is -0.139. The smallest absolute Gasteiger partial charge is 0.410 e. The number of carbonyl (C=O) groups excluding carboxylic acids is 3. The van der Waals surface area contributed by atoms with Crippen LogP contribution in [0.4, 0.5) is 10.5 Å². The number of nitrogens with one attached hydrogen (secondary N) is 1. The van der Waals surface area contributed by atoms with Crippen LogP contribution in [0, 0.1) is 0 Å². The third kappa shape index (κ3) is 2.93. The molecule has 4 rings (SSSR count). The van der Waals surface area contributed by atoms with Gasteiger partial charge in [0.15, 0.2) is 5.41 Å². The molecular formula is C21H27N3O4. The van der Waals surface area contributed by atoms with E-state index in [1.165, 1.54) is 0 Å². The zero-order valence-electron chi connectivity index (χ0n) is 16.7. The van der Waals surface area contributed by atoms with Crippen LogP contribution in [0.5, 0.6) is 0 Å². The molecule has 7 heteroatoms. The summed E-state index contributed by atoms with van der Waals surface area (Å²) in [5, 5.41) is 2.87. The molecular weight excluding hydrogens is 358 g/mol. The van der Waals surface area contributed by atoms with Gasteiger partial charge in [0.1, 0.15) is 5.60 Å². The summed E-state index contributed by atoms with van der Waals surface area (Å²) in [4.78, 5) is 41.9. The van der Waals surface area contributed by atoms with Gasteiger partial charge in [0.25, 0.3) is 0 Å². The van der Waals surface area contributed by atoms with Crippen molar-refractivity contribution in [3.63, 3.8) is 0 Å². The number of benzene rings is 1. The molecule has 3 aliphatic heterocycles. The molecule has 1 aromatic rings. The van der Waals surface area contributed by atoms with Gasteiger partial charge < -0.3 is 19.9 Å². The van der Waals surface area contributed by atoms with Crippen LogP contribution in [0.3, 0.4) is 0 Å². The Morgan fingerprint density at radius 2 is 1.82 bits per heavy atom. The fourth-order valence-corrected chi connectivity index (χ4v) is 4.55. The van der Waals surface area contributed by atoms with E-state index in [9.17, 15) is 14.4 Å². The van der Waals surface area contributed by atoms with Gasteiger partial charge in [0, 0.05) is 36.9 Å². The van der Waals surface area contributed by atoms with Crippen LogP contribution in [0.25, 0.3) is 0 Å². The van der Waals surface area contributed by atoms with Gasteiger partial charge in [-0.1, -0.05) is 18.2 Å². The Balaban J connectivity index is 1.45. The number of piperidine rings is 1. The highest BCUT2D eigenvalue weighted by Crippen LogP contribution is 2.46. The largest absolute Gasteiger partial charge is 0.444 e. The van der Waals surface area contributed by atoms with E-state index in [0.717, 1.165) is 11.3 Å². The fraction of sp³-hybridized carbons (Fsp3) is 0.571. The normalized spacial score (nSPS) is 25.2. The van der Waals surface area contributed by atoms with Crippen LogP contribution >= 0.6 is 0 Å². The standard InChI is InChI=1S/C21H27N3O4/c1-20(2,3)28-19(27)23-11-8-14(9-12-23)24-13-10-21(18(24)26)15-6-4-5-7-16(15)22-17(21)25/h4-7,14H,8-13H2,1-3H3,(H,22,25). The summed E-state index contributed by atoms with van der Waals surface area (Å²) < 4.78 is 5.44. The number of likely N-dealkylation sites (tertiary alicyclic amines) is 2. The summed E-state index contributed by atoms with van der Waals surface area (Å²) >= 11 is 0. The average molecular weight is 385 g/mol. The summed E-state index contributed by atoms with van der Waals surface area (Å²) in [6.45, 7) is 7.23. The van der Waals surface area contributed by atoms with Crippen molar-refractivity contribution in [2.45, 2.75) is 57.1 Å². The molecule has 0 radical (unpaired) electrons. The first-order valence-corrected chi connectivity index (χ1v) is 9.92. The van der Waals surface area contributed by atoms with Crippen molar-refractivity contribution >= 4 is 23.6 Å². The van der Waals surface area contributed by atoms with Gasteiger partial charge in [-0.05, 0) is 46.1 Å². The molecule has 1 atom stereocenters. The molecule has 150 valence electrons. The summed E-state index contributed by atoms with van der Waals surface area (Å²) in [5.74, 6) is -0.321. The van der Waals surface area contributed by atoms with Crippen LogP contribution < -0.4 is 5.32 Å². The monoisotopic (exact) mass is 385 g/mol. The Morgan fingerprint density at radius 3 is 2.50 bits per heavy atom. The lowest BCUT2D eigenvalue weighted by atomic mass is 9.80. The molecule has 28 heavy (non-hydrogen) atoms. The van der Waals surface area contributed by atoms with Crippen LogP contribution in [0.2, 0.25) is 0 Å². The second-order valence-corrected chi connectivity index (χ2v) is 8.85. The molecule has 0 bridgehead atoms. The van der Waals surface area contributed by atoms with Crippen molar-refractivity contribution in [2.24, 2.45) is 0 Å². The maximum Gasteiger partial charge on any atom is 0.410 e. The quantitative estimate of drug-likeness (QED) is 0.754. The predicted molar refractivity (Wildman–Crippen MR) is 104 cm³/mol. The van der Waals surface area contributed by atoms with Crippen molar-refractivity contribution in [1.82, 2.24) is 9.80 Å². The number of ether oxygens (including phenoxy) is 1. The van der Waals surface area contributed by atoms with E-state index >= 15 is 0 Å². The minimum atomic E-state index is -1.08. The Kier molecular flexibility index (Phi) is 4.36. The van der Waals surface area contributed by atoms with Crippen molar-refractivity contribution in [2.75, 3.05) is 25.0 Å². The molecule has 1 N–H and O–H groups in total. The number of anilines is 1. The first kappa shape index (κ1) is 18.8. The van der Waals surface area contributed by atoms with Crippen LogP contribution in [-0.4, -0.2) is 59.0 Å². The first-order valence-electron chi connectivity index (χ1n) is 9.92. The van der Waals surface area contributed by atoms with E-state index in [1.54, 1.807) is 4.90 Å².